The molecule has 0 radical (unpaired) electrons. The van der Waals surface area contributed by atoms with Crippen LogP contribution in [0, 0.1) is 5.92 Å². The summed E-state index contributed by atoms with van der Waals surface area (Å²) >= 11 is 0. The third kappa shape index (κ3) is 1.96. The van der Waals surface area contributed by atoms with Crippen LogP contribution in [0.25, 0.3) is 0 Å². The monoisotopic (exact) mass is 195 g/mol. The van der Waals surface area contributed by atoms with Crippen molar-refractivity contribution in [3.05, 3.63) is 18.2 Å². The zero-order chi connectivity index (χ0) is 9.97. The zero-order valence-electron chi connectivity index (χ0n) is 8.56. The van der Waals surface area contributed by atoms with Gasteiger partial charge in [0.05, 0.1) is 24.8 Å². The van der Waals surface area contributed by atoms with Gasteiger partial charge >= 0.3 is 0 Å². The van der Waals surface area contributed by atoms with Crippen LogP contribution < -0.4 is 0 Å². The van der Waals surface area contributed by atoms with Gasteiger partial charge in [0.25, 0.3) is 0 Å². The van der Waals surface area contributed by atoms with E-state index >= 15 is 0 Å². The maximum absolute atomic E-state index is 9.06. The molecule has 0 bridgehead atoms. The molecule has 1 aromatic rings. The highest BCUT2D eigenvalue weighted by Crippen LogP contribution is 2.17. The number of imidazole rings is 1. The molecule has 78 valence electrons. The first kappa shape index (κ1) is 9.68. The Morgan fingerprint density at radius 2 is 2.50 bits per heavy atom. The van der Waals surface area contributed by atoms with E-state index in [1.165, 1.54) is 13.0 Å². The Balaban J connectivity index is 1.97. The minimum Gasteiger partial charge on any atom is -0.390 e. The van der Waals surface area contributed by atoms with Crippen molar-refractivity contribution >= 4 is 0 Å². The Morgan fingerprint density at radius 1 is 1.64 bits per heavy atom. The summed E-state index contributed by atoms with van der Waals surface area (Å²) in [6, 6.07) is 0. The predicted molar refractivity (Wildman–Crippen MR) is 53.8 cm³/mol. The summed E-state index contributed by atoms with van der Waals surface area (Å²) in [5, 5.41) is 9.06. The van der Waals surface area contributed by atoms with E-state index in [4.69, 9.17) is 5.11 Å². The smallest absolute Gasteiger partial charge is 0.0948 e. The number of aromatic nitrogens is 2. The molecule has 1 fully saturated rings. The number of hydrogen-bond acceptors (Lipinski definition) is 3. The molecule has 1 aliphatic rings. The summed E-state index contributed by atoms with van der Waals surface area (Å²) in [6.07, 6.45) is 4.79. The van der Waals surface area contributed by atoms with Gasteiger partial charge < -0.3 is 14.6 Å². The lowest BCUT2D eigenvalue weighted by atomic mass is 10.1. The van der Waals surface area contributed by atoms with E-state index in [1.807, 2.05) is 6.33 Å². The van der Waals surface area contributed by atoms with E-state index in [0.717, 1.165) is 18.8 Å². The van der Waals surface area contributed by atoms with Crippen LogP contribution in [-0.2, 0) is 13.2 Å². The molecule has 2 heterocycles. The van der Waals surface area contributed by atoms with Gasteiger partial charge in [0.1, 0.15) is 0 Å². The minimum atomic E-state index is 0.0859. The first-order chi connectivity index (χ1) is 6.79. The van der Waals surface area contributed by atoms with Gasteiger partial charge in [-0.1, -0.05) is 0 Å². The van der Waals surface area contributed by atoms with Gasteiger partial charge in [-0.2, -0.15) is 0 Å². The maximum atomic E-state index is 9.06. The molecule has 1 unspecified atom stereocenters. The fourth-order valence-corrected chi connectivity index (χ4v) is 2.10. The molecule has 1 aromatic heterocycles. The van der Waals surface area contributed by atoms with E-state index in [9.17, 15) is 0 Å². The highest BCUT2D eigenvalue weighted by molar-refractivity contribution is 4.96. The molecule has 0 aromatic carbocycles. The van der Waals surface area contributed by atoms with Gasteiger partial charge in [0, 0.05) is 13.1 Å². The lowest BCUT2D eigenvalue weighted by Gasteiger charge is -2.12. The summed E-state index contributed by atoms with van der Waals surface area (Å²) in [5.74, 6) is 0.708. The van der Waals surface area contributed by atoms with E-state index < -0.39 is 0 Å². The Morgan fingerprint density at radius 3 is 3.14 bits per heavy atom. The van der Waals surface area contributed by atoms with E-state index in [2.05, 4.69) is 21.5 Å². The van der Waals surface area contributed by atoms with Crippen molar-refractivity contribution in [3.8, 4) is 0 Å². The molecular formula is C10H17N3O. The van der Waals surface area contributed by atoms with Crippen LogP contribution in [0.5, 0.6) is 0 Å². The first-order valence-electron chi connectivity index (χ1n) is 5.08. The Labute approximate surface area is 84.2 Å². The molecule has 4 heteroatoms. The molecule has 0 spiro atoms. The maximum Gasteiger partial charge on any atom is 0.0948 e. The van der Waals surface area contributed by atoms with E-state index in [-0.39, 0.29) is 6.61 Å². The van der Waals surface area contributed by atoms with Crippen LogP contribution in [-0.4, -0.2) is 39.7 Å². The van der Waals surface area contributed by atoms with Crippen molar-refractivity contribution in [1.82, 2.24) is 14.5 Å². The number of likely N-dealkylation sites (tertiary alicyclic amines) is 1. The van der Waals surface area contributed by atoms with Crippen molar-refractivity contribution in [1.29, 1.82) is 0 Å². The molecule has 4 nitrogen and oxygen atoms in total. The third-order valence-electron chi connectivity index (χ3n) is 2.90. The summed E-state index contributed by atoms with van der Waals surface area (Å²) < 4.78 is 2.06. The molecule has 0 amide bonds. The second-order valence-electron chi connectivity index (χ2n) is 4.11. The number of rotatable bonds is 3. The molecule has 1 aliphatic heterocycles. The third-order valence-corrected chi connectivity index (χ3v) is 2.90. The van der Waals surface area contributed by atoms with Gasteiger partial charge in [-0.05, 0) is 25.9 Å². The summed E-state index contributed by atoms with van der Waals surface area (Å²) in [6.45, 7) is 3.42. The van der Waals surface area contributed by atoms with Crippen molar-refractivity contribution in [2.24, 2.45) is 5.92 Å². The van der Waals surface area contributed by atoms with E-state index in [1.54, 1.807) is 6.20 Å². The Kier molecular flexibility index (Phi) is 2.84. The standard InChI is InChI=1S/C10H17N3O/c1-12-3-2-9(5-12)6-13-8-11-4-10(13)7-14/h4,8-9,14H,2-3,5-7H2,1H3. The molecule has 2 rings (SSSR count). The molecule has 1 atom stereocenters. The highest BCUT2D eigenvalue weighted by Gasteiger charge is 2.20. The van der Waals surface area contributed by atoms with Crippen molar-refractivity contribution < 1.29 is 5.11 Å². The largest absolute Gasteiger partial charge is 0.390 e. The lowest BCUT2D eigenvalue weighted by Crippen LogP contribution is -2.17. The first-order valence-corrected chi connectivity index (χ1v) is 5.08. The average Bonchev–Trinajstić information content (AvgIpc) is 2.76. The van der Waals surface area contributed by atoms with Crippen LogP contribution in [0.4, 0.5) is 0 Å². The molecule has 1 saturated heterocycles. The molecule has 0 aliphatic carbocycles. The van der Waals surface area contributed by atoms with Gasteiger partial charge in [-0.15, -0.1) is 0 Å². The molecular weight excluding hydrogens is 178 g/mol. The molecule has 0 saturated carbocycles. The Bertz CT molecular complexity index is 297. The average molecular weight is 195 g/mol. The number of aliphatic hydroxyl groups excluding tert-OH is 1. The van der Waals surface area contributed by atoms with Crippen molar-refractivity contribution in [2.45, 2.75) is 19.6 Å². The fraction of sp³-hybridized carbons (Fsp3) is 0.700. The Hall–Kier alpha value is -0.870. The quantitative estimate of drug-likeness (QED) is 0.755. The van der Waals surface area contributed by atoms with Crippen molar-refractivity contribution in [2.75, 3.05) is 20.1 Å². The second-order valence-corrected chi connectivity index (χ2v) is 4.11. The van der Waals surface area contributed by atoms with Gasteiger partial charge in [-0.25, -0.2) is 4.98 Å². The molecule has 14 heavy (non-hydrogen) atoms. The fourth-order valence-electron chi connectivity index (χ4n) is 2.10. The van der Waals surface area contributed by atoms with Crippen LogP contribution in [0.1, 0.15) is 12.1 Å². The summed E-state index contributed by atoms with van der Waals surface area (Å²) in [4.78, 5) is 6.39. The minimum absolute atomic E-state index is 0.0859. The normalized spacial score (nSPS) is 23.1. The van der Waals surface area contributed by atoms with Crippen molar-refractivity contribution in [3.63, 3.8) is 0 Å². The summed E-state index contributed by atoms with van der Waals surface area (Å²) in [5.41, 5.74) is 0.916. The zero-order valence-corrected chi connectivity index (χ0v) is 8.56. The lowest BCUT2D eigenvalue weighted by molar-refractivity contribution is 0.266. The van der Waals surface area contributed by atoms with Crippen LogP contribution >= 0.6 is 0 Å². The van der Waals surface area contributed by atoms with E-state index in [0.29, 0.717) is 5.92 Å². The number of nitrogens with zero attached hydrogens (tertiary/aromatic N) is 3. The van der Waals surface area contributed by atoms with Gasteiger partial charge in [-0.3, -0.25) is 0 Å². The second kappa shape index (κ2) is 4.11. The predicted octanol–water partition coefficient (Wildman–Crippen LogP) is 0.327. The number of hydrogen-bond donors (Lipinski definition) is 1. The van der Waals surface area contributed by atoms with Crippen LogP contribution in [0.2, 0.25) is 0 Å². The highest BCUT2D eigenvalue weighted by atomic mass is 16.3. The van der Waals surface area contributed by atoms with Crippen LogP contribution in [0.3, 0.4) is 0 Å². The van der Waals surface area contributed by atoms with Crippen LogP contribution in [0.15, 0.2) is 12.5 Å². The van der Waals surface area contributed by atoms with Gasteiger partial charge in [0.15, 0.2) is 0 Å². The van der Waals surface area contributed by atoms with Gasteiger partial charge in [0.2, 0.25) is 0 Å². The topological polar surface area (TPSA) is 41.3 Å². The molecule has 1 N–H and O–H groups in total. The summed E-state index contributed by atoms with van der Waals surface area (Å²) in [7, 11) is 2.15. The number of aliphatic hydroxyl groups is 1. The SMILES string of the molecule is CN1CCC(Cn2cncc2CO)C1.